The fraction of sp³-hybridized carbons (Fsp3) is 0.214. The van der Waals surface area contributed by atoms with Gasteiger partial charge in [0.2, 0.25) is 5.91 Å². The van der Waals surface area contributed by atoms with Crippen LogP contribution in [0.5, 0.6) is 11.5 Å². The molecule has 0 saturated heterocycles. The van der Waals surface area contributed by atoms with E-state index in [4.69, 9.17) is 9.47 Å². The molecule has 0 spiro atoms. The number of sulfonamides is 1. The molecule has 200 valence electrons. The minimum absolute atomic E-state index is 0.0775. The molecule has 2 N–H and O–H groups in total. The van der Waals surface area contributed by atoms with Gasteiger partial charge in [-0.15, -0.1) is 6.58 Å². The molecule has 0 radical (unpaired) electrons. The van der Waals surface area contributed by atoms with E-state index in [1.54, 1.807) is 42.5 Å². The van der Waals surface area contributed by atoms with Crippen molar-refractivity contribution in [3.05, 3.63) is 90.0 Å². The number of aryl methyl sites for hydroxylation is 2. The molecule has 9 nitrogen and oxygen atoms in total. The lowest BCUT2D eigenvalue weighted by molar-refractivity contribution is -0.114. The van der Waals surface area contributed by atoms with Gasteiger partial charge in [-0.25, -0.2) is 8.42 Å². The smallest absolute Gasteiger partial charge is 0.264 e. The highest BCUT2D eigenvalue weighted by atomic mass is 32.2. The van der Waals surface area contributed by atoms with Gasteiger partial charge in [0.25, 0.3) is 15.9 Å². The lowest BCUT2D eigenvalue weighted by Gasteiger charge is -2.25. The van der Waals surface area contributed by atoms with Gasteiger partial charge in [0.1, 0.15) is 6.54 Å². The fourth-order valence-electron chi connectivity index (χ4n) is 3.88. The van der Waals surface area contributed by atoms with Crippen molar-refractivity contribution in [3.8, 4) is 11.5 Å². The number of anilines is 2. The number of methoxy groups -OCH3 is 2. The zero-order valence-electron chi connectivity index (χ0n) is 21.8. The summed E-state index contributed by atoms with van der Waals surface area (Å²) in [5, 5.41) is 5.36. The highest BCUT2D eigenvalue weighted by Gasteiger charge is 2.29. The van der Waals surface area contributed by atoms with Crippen LogP contribution in [-0.4, -0.2) is 47.5 Å². The molecule has 0 fully saturated rings. The summed E-state index contributed by atoms with van der Waals surface area (Å²) in [6.07, 6.45) is 1.54. The maximum Gasteiger partial charge on any atom is 0.264 e. The molecule has 3 aromatic rings. The van der Waals surface area contributed by atoms with Gasteiger partial charge in [-0.1, -0.05) is 24.3 Å². The van der Waals surface area contributed by atoms with Crippen LogP contribution in [0, 0.1) is 13.8 Å². The molecule has 3 aromatic carbocycles. The van der Waals surface area contributed by atoms with Crippen molar-refractivity contribution in [1.29, 1.82) is 0 Å². The van der Waals surface area contributed by atoms with E-state index in [0.29, 0.717) is 11.4 Å². The normalized spacial score (nSPS) is 10.8. The van der Waals surface area contributed by atoms with Gasteiger partial charge in [0.15, 0.2) is 11.5 Å². The summed E-state index contributed by atoms with van der Waals surface area (Å²) >= 11 is 0. The quantitative estimate of drug-likeness (QED) is 0.357. The average Bonchev–Trinajstić information content (AvgIpc) is 2.89. The van der Waals surface area contributed by atoms with Crippen LogP contribution in [0.3, 0.4) is 0 Å². The summed E-state index contributed by atoms with van der Waals surface area (Å²) in [4.78, 5) is 25.7. The number of hydrogen-bond acceptors (Lipinski definition) is 6. The van der Waals surface area contributed by atoms with Gasteiger partial charge in [-0.05, 0) is 61.4 Å². The zero-order chi connectivity index (χ0) is 27.9. The molecule has 0 aliphatic carbocycles. The van der Waals surface area contributed by atoms with Crippen LogP contribution in [0.25, 0.3) is 0 Å². The van der Waals surface area contributed by atoms with Crippen molar-refractivity contribution in [2.24, 2.45) is 0 Å². The number of carbonyl (C=O) groups is 2. The standard InChI is InChI=1S/C28H31N3O6S/c1-6-13-29-28(33)23-9-7-8-10-24(23)30-27(32)18-31(21-15-19(2)14-20(3)16-21)38(34,35)22-11-12-25(36-4)26(17-22)37-5/h6-12,14-17H,1,13,18H2,2-5H3,(H,29,33)(H,30,32). The molecular formula is C28H31N3O6S. The van der Waals surface area contributed by atoms with E-state index in [9.17, 15) is 18.0 Å². The first-order valence-corrected chi connectivity index (χ1v) is 13.2. The van der Waals surface area contributed by atoms with E-state index in [1.807, 2.05) is 19.9 Å². The molecule has 0 bridgehead atoms. The van der Waals surface area contributed by atoms with Crippen molar-refractivity contribution in [2.75, 3.05) is 36.9 Å². The molecule has 38 heavy (non-hydrogen) atoms. The Morgan fingerprint density at radius 1 is 0.947 bits per heavy atom. The predicted molar refractivity (Wildman–Crippen MR) is 148 cm³/mol. The number of para-hydroxylation sites is 1. The summed E-state index contributed by atoms with van der Waals surface area (Å²) in [5.41, 5.74) is 2.48. The second-order valence-corrected chi connectivity index (χ2v) is 10.3. The van der Waals surface area contributed by atoms with Crippen LogP contribution < -0.4 is 24.4 Å². The highest BCUT2D eigenvalue weighted by molar-refractivity contribution is 7.92. The van der Waals surface area contributed by atoms with Gasteiger partial charge in [0.05, 0.1) is 36.1 Å². The largest absolute Gasteiger partial charge is 0.493 e. The number of ether oxygens (including phenoxy) is 2. The van der Waals surface area contributed by atoms with Crippen LogP contribution in [0.2, 0.25) is 0 Å². The molecule has 0 aliphatic rings. The lowest BCUT2D eigenvalue weighted by atomic mass is 10.1. The Morgan fingerprint density at radius 3 is 2.24 bits per heavy atom. The van der Waals surface area contributed by atoms with Gasteiger partial charge in [-0.2, -0.15) is 0 Å². The molecule has 0 unspecified atom stereocenters. The topological polar surface area (TPSA) is 114 Å². The number of rotatable bonds is 11. The van der Waals surface area contributed by atoms with Crippen molar-refractivity contribution in [3.63, 3.8) is 0 Å². The van der Waals surface area contributed by atoms with Gasteiger partial charge in [-0.3, -0.25) is 13.9 Å². The fourth-order valence-corrected chi connectivity index (χ4v) is 5.30. The molecule has 0 aliphatic heterocycles. The summed E-state index contributed by atoms with van der Waals surface area (Å²) in [7, 11) is -1.36. The van der Waals surface area contributed by atoms with E-state index in [1.165, 1.54) is 32.4 Å². The number of amides is 2. The summed E-state index contributed by atoms with van der Waals surface area (Å²) in [6, 6.07) is 16.0. The van der Waals surface area contributed by atoms with Gasteiger partial charge in [0, 0.05) is 12.6 Å². The molecule has 10 heteroatoms. The SMILES string of the molecule is C=CCNC(=O)c1ccccc1NC(=O)CN(c1cc(C)cc(C)c1)S(=O)(=O)c1ccc(OC)c(OC)c1. The molecular weight excluding hydrogens is 506 g/mol. The Balaban J connectivity index is 2.01. The van der Waals surface area contributed by atoms with Crippen LogP contribution >= 0.6 is 0 Å². The summed E-state index contributed by atoms with van der Waals surface area (Å²) in [6.45, 7) is 6.98. The lowest BCUT2D eigenvalue weighted by Crippen LogP contribution is -2.38. The number of nitrogens with one attached hydrogen (secondary N) is 2. The van der Waals surface area contributed by atoms with Crippen LogP contribution in [0.1, 0.15) is 21.5 Å². The number of benzene rings is 3. The minimum Gasteiger partial charge on any atom is -0.493 e. The molecule has 0 heterocycles. The summed E-state index contributed by atoms with van der Waals surface area (Å²) < 4.78 is 39.3. The van der Waals surface area contributed by atoms with Crippen LogP contribution in [-0.2, 0) is 14.8 Å². The molecule has 0 aromatic heterocycles. The average molecular weight is 538 g/mol. The Labute approximate surface area is 223 Å². The number of nitrogens with zero attached hydrogens (tertiary/aromatic N) is 1. The Hall–Kier alpha value is -4.31. The Morgan fingerprint density at radius 2 is 1.61 bits per heavy atom. The van der Waals surface area contributed by atoms with E-state index >= 15 is 0 Å². The Bertz CT molecular complexity index is 1430. The van der Waals surface area contributed by atoms with Crippen LogP contribution in [0.4, 0.5) is 11.4 Å². The second kappa shape index (κ2) is 12.3. The molecule has 0 atom stereocenters. The van der Waals surface area contributed by atoms with Gasteiger partial charge >= 0.3 is 0 Å². The molecule has 2 amide bonds. The maximum absolute atomic E-state index is 13.9. The second-order valence-electron chi connectivity index (χ2n) is 8.47. The summed E-state index contributed by atoms with van der Waals surface area (Å²) in [5.74, 6) is -0.423. The zero-order valence-corrected chi connectivity index (χ0v) is 22.6. The highest BCUT2D eigenvalue weighted by Crippen LogP contribution is 2.32. The number of carbonyl (C=O) groups excluding carboxylic acids is 2. The first kappa shape index (κ1) is 28.3. The number of hydrogen-bond donors (Lipinski definition) is 2. The van der Waals surface area contributed by atoms with E-state index in [2.05, 4.69) is 17.2 Å². The van der Waals surface area contributed by atoms with Crippen molar-refractivity contribution < 1.29 is 27.5 Å². The third-order valence-electron chi connectivity index (χ3n) is 5.58. The first-order chi connectivity index (χ1) is 18.1. The van der Waals surface area contributed by atoms with Crippen molar-refractivity contribution >= 4 is 33.2 Å². The third-order valence-corrected chi connectivity index (χ3v) is 7.35. The van der Waals surface area contributed by atoms with E-state index in [0.717, 1.165) is 15.4 Å². The van der Waals surface area contributed by atoms with Crippen molar-refractivity contribution in [2.45, 2.75) is 18.7 Å². The van der Waals surface area contributed by atoms with Gasteiger partial charge < -0.3 is 20.1 Å². The van der Waals surface area contributed by atoms with E-state index in [-0.39, 0.29) is 28.4 Å². The molecule has 0 saturated carbocycles. The van der Waals surface area contributed by atoms with Crippen LogP contribution in [0.15, 0.2) is 78.2 Å². The Kier molecular flexibility index (Phi) is 9.14. The first-order valence-electron chi connectivity index (χ1n) is 11.7. The van der Waals surface area contributed by atoms with Crippen molar-refractivity contribution in [1.82, 2.24) is 5.32 Å². The third kappa shape index (κ3) is 6.51. The molecule has 3 rings (SSSR count). The monoisotopic (exact) mass is 537 g/mol. The maximum atomic E-state index is 13.9. The van der Waals surface area contributed by atoms with E-state index < -0.39 is 28.4 Å². The predicted octanol–water partition coefficient (Wildman–Crippen LogP) is 4.07. The minimum atomic E-state index is -4.22.